The third kappa shape index (κ3) is 3.42. The summed E-state index contributed by atoms with van der Waals surface area (Å²) in [5, 5.41) is 4.24. The number of rotatable bonds is 6. The number of carbonyl (C=O) groups is 1. The van der Waals surface area contributed by atoms with E-state index >= 15 is 0 Å². The number of hydrogen-bond donors (Lipinski definition) is 2. The van der Waals surface area contributed by atoms with Crippen molar-refractivity contribution in [3.05, 3.63) is 93.6 Å². The zero-order valence-corrected chi connectivity index (χ0v) is 15.9. The number of aromatic nitrogens is 1. The quantitative estimate of drug-likeness (QED) is 0.526. The number of pyridine rings is 1. The third-order valence-corrected chi connectivity index (χ3v) is 5.81. The molecule has 3 N–H and O–H groups in total. The first kappa shape index (κ1) is 18.0. The van der Waals surface area contributed by atoms with Crippen LogP contribution < -0.4 is 16.6 Å². The van der Waals surface area contributed by atoms with E-state index in [1.807, 2.05) is 60.7 Å². The van der Waals surface area contributed by atoms with Crippen LogP contribution in [0.1, 0.15) is 15.2 Å². The van der Waals surface area contributed by atoms with Gasteiger partial charge < -0.3 is 11.1 Å². The van der Waals surface area contributed by atoms with E-state index in [-0.39, 0.29) is 5.56 Å². The average Bonchev–Trinajstić information content (AvgIpc) is 3.08. The second-order valence-electron chi connectivity index (χ2n) is 6.38. The molecular weight excluding hydrogens is 370 g/mol. The third-order valence-electron chi connectivity index (χ3n) is 4.56. The number of fused-ring (bicyclic) bond motifs is 1. The maximum absolute atomic E-state index is 12.6. The minimum atomic E-state index is -0.469. The van der Waals surface area contributed by atoms with Gasteiger partial charge in [-0.25, -0.2) is 0 Å². The molecule has 2 aromatic carbocycles. The summed E-state index contributed by atoms with van der Waals surface area (Å²) in [4.78, 5) is 25.9. The number of thiophene rings is 1. The lowest BCUT2D eigenvalue weighted by molar-refractivity contribution is 0.100. The van der Waals surface area contributed by atoms with Crippen molar-refractivity contribution in [2.45, 2.75) is 6.42 Å². The summed E-state index contributed by atoms with van der Waals surface area (Å²) >= 11 is 1.27. The van der Waals surface area contributed by atoms with Gasteiger partial charge in [-0.15, -0.1) is 11.3 Å². The minimum Gasteiger partial charge on any atom is -0.385 e. The van der Waals surface area contributed by atoms with E-state index in [0.717, 1.165) is 27.2 Å². The molecule has 1 amide bonds. The first-order valence-electron chi connectivity index (χ1n) is 8.97. The van der Waals surface area contributed by atoms with Gasteiger partial charge in [0.25, 0.3) is 11.5 Å². The lowest BCUT2D eigenvalue weighted by Crippen LogP contribution is -2.16. The van der Waals surface area contributed by atoms with E-state index in [0.29, 0.717) is 17.8 Å². The van der Waals surface area contributed by atoms with Crippen LogP contribution in [0.5, 0.6) is 0 Å². The molecule has 4 rings (SSSR count). The molecule has 0 unspecified atom stereocenters. The van der Waals surface area contributed by atoms with E-state index in [1.165, 1.54) is 11.3 Å². The Morgan fingerprint density at radius 3 is 2.32 bits per heavy atom. The summed E-state index contributed by atoms with van der Waals surface area (Å²) in [5.41, 5.74) is 8.18. The molecule has 0 radical (unpaired) electrons. The molecule has 0 aliphatic heterocycles. The molecule has 5 nitrogen and oxygen atoms in total. The molecule has 4 aromatic rings. The Balaban J connectivity index is 1.76. The highest BCUT2D eigenvalue weighted by molar-refractivity contribution is 7.20. The molecule has 0 aliphatic rings. The van der Waals surface area contributed by atoms with Crippen molar-refractivity contribution in [1.82, 2.24) is 4.57 Å². The van der Waals surface area contributed by atoms with Gasteiger partial charge in [0.2, 0.25) is 0 Å². The first-order chi connectivity index (χ1) is 13.6. The van der Waals surface area contributed by atoms with Gasteiger partial charge in [-0.2, -0.15) is 0 Å². The van der Waals surface area contributed by atoms with E-state index in [9.17, 15) is 9.59 Å². The molecule has 0 saturated carbocycles. The lowest BCUT2D eigenvalue weighted by atomic mass is 10.1. The Morgan fingerprint density at radius 2 is 1.64 bits per heavy atom. The summed E-state index contributed by atoms with van der Waals surface area (Å²) in [6.45, 7) is 0.653. The number of nitrogens with two attached hydrogens (primary N) is 1. The van der Waals surface area contributed by atoms with Crippen LogP contribution in [0.25, 0.3) is 15.9 Å². The van der Waals surface area contributed by atoms with Crippen LogP contribution in [0.15, 0.2) is 77.6 Å². The smallest absolute Gasteiger partial charge is 0.259 e. The monoisotopic (exact) mass is 389 g/mol. The largest absolute Gasteiger partial charge is 0.385 e. The topological polar surface area (TPSA) is 77.1 Å². The molecule has 28 heavy (non-hydrogen) atoms. The average molecular weight is 389 g/mol. The highest BCUT2D eigenvalue weighted by Crippen LogP contribution is 2.32. The van der Waals surface area contributed by atoms with Gasteiger partial charge in [-0.05, 0) is 42.3 Å². The van der Waals surface area contributed by atoms with Gasteiger partial charge in [0.05, 0.1) is 10.6 Å². The van der Waals surface area contributed by atoms with Crippen molar-refractivity contribution in [1.29, 1.82) is 0 Å². The van der Waals surface area contributed by atoms with E-state index < -0.39 is 5.91 Å². The predicted molar refractivity (Wildman–Crippen MR) is 115 cm³/mol. The van der Waals surface area contributed by atoms with Crippen LogP contribution in [0.3, 0.4) is 0 Å². The molecule has 0 aliphatic carbocycles. The second-order valence-corrected chi connectivity index (χ2v) is 7.38. The van der Waals surface area contributed by atoms with Crippen molar-refractivity contribution in [2.75, 3.05) is 11.9 Å². The number of hydrogen-bond acceptors (Lipinski definition) is 4. The molecule has 0 saturated heterocycles. The summed E-state index contributed by atoms with van der Waals surface area (Å²) in [6.07, 6.45) is 0.625. The summed E-state index contributed by atoms with van der Waals surface area (Å²) < 4.78 is 1.64. The molecule has 6 heteroatoms. The predicted octanol–water partition coefficient (Wildman–Crippen LogP) is 3.81. The van der Waals surface area contributed by atoms with Crippen LogP contribution in [-0.4, -0.2) is 17.0 Å². The summed E-state index contributed by atoms with van der Waals surface area (Å²) in [6, 6.07) is 22.6. The van der Waals surface area contributed by atoms with Gasteiger partial charge in [0.1, 0.15) is 4.83 Å². The fourth-order valence-corrected chi connectivity index (χ4v) is 4.51. The van der Waals surface area contributed by atoms with Crippen LogP contribution >= 0.6 is 11.3 Å². The van der Waals surface area contributed by atoms with Crippen molar-refractivity contribution in [3.8, 4) is 5.69 Å². The maximum Gasteiger partial charge on any atom is 0.259 e. The van der Waals surface area contributed by atoms with Gasteiger partial charge >= 0.3 is 0 Å². The summed E-state index contributed by atoms with van der Waals surface area (Å²) in [7, 11) is 0. The number of nitrogens with zero attached hydrogens (tertiary/aromatic N) is 1. The summed E-state index contributed by atoms with van der Waals surface area (Å²) in [5.74, 6) is -0.469. The van der Waals surface area contributed by atoms with E-state index in [1.54, 1.807) is 16.7 Å². The van der Waals surface area contributed by atoms with Crippen molar-refractivity contribution in [3.63, 3.8) is 0 Å². The molecule has 0 atom stereocenters. The Labute approximate surface area is 166 Å². The zero-order chi connectivity index (χ0) is 19.5. The van der Waals surface area contributed by atoms with E-state index in [4.69, 9.17) is 5.73 Å². The highest BCUT2D eigenvalue weighted by Gasteiger charge is 2.19. The van der Waals surface area contributed by atoms with Gasteiger partial charge in [0, 0.05) is 23.7 Å². The standard InChI is InChI=1S/C22H19N3O2S/c23-21(27)20-17(13-14-24-15-7-3-1-4-8-15)18-11-12-19(26)25(22(18)28-20)16-9-5-2-6-10-16/h1-12,24H,13-14H2,(H2,23,27). The van der Waals surface area contributed by atoms with Crippen molar-refractivity contribution < 1.29 is 4.79 Å². The van der Waals surface area contributed by atoms with E-state index in [2.05, 4.69) is 5.32 Å². The zero-order valence-electron chi connectivity index (χ0n) is 15.1. The van der Waals surface area contributed by atoms with Crippen LogP contribution in [-0.2, 0) is 6.42 Å². The molecule has 0 spiro atoms. The second kappa shape index (κ2) is 7.70. The van der Waals surface area contributed by atoms with Gasteiger partial charge in [0.15, 0.2) is 0 Å². The van der Waals surface area contributed by atoms with Crippen LogP contribution in [0, 0.1) is 0 Å². The number of carbonyl (C=O) groups excluding carboxylic acids is 1. The molecule has 2 heterocycles. The van der Waals surface area contributed by atoms with Crippen LogP contribution in [0.2, 0.25) is 0 Å². The molecule has 0 fully saturated rings. The minimum absolute atomic E-state index is 0.134. The Bertz CT molecular complexity index is 1180. The first-order valence-corrected chi connectivity index (χ1v) is 9.78. The normalized spacial score (nSPS) is 10.9. The number of benzene rings is 2. The fraction of sp³-hybridized carbons (Fsp3) is 0.0909. The van der Waals surface area contributed by atoms with Gasteiger partial charge in [-0.1, -0.05) is 36.4 Å². The molecule has 2 aromatic heterocycles. The fourth-order valence-electron chi connectivity index (χ4n) is 3.29. The SMILES string of the molecule is NC(=O)c1sc2c(ccc(=O)n2-c2ccccc2)c1CCNc1ccccc1. The molecule has 140 valence electrons. The number of amides is 1. The molecule has 0 bridgehead atoms. The van der Waals surface area contributed by atoms with Crippen molar-refractivity contribution in [2.24, 2.45) is 5.73 Å². The lowest BCUT2D eigenvalue weighted by Gasteiger charge is -2.08. The van der Waals surface area contributed by atoms with Gasteiger partial charge in [-0.3, -0.25) is 14.2 Å². The Hall–Kier alpha value is -3.38. The maximum atomic E-state index is 12.6. The molecular formula is C22H19N3O2S. The number of para-hydroxylation sites is 2. The Kier molecular flexibility index (Phi) is 4.95. The number of anilines is 1. The number of primary amides is 1. The Morgan fingerprint density at radius 1 is 0.964 bits per heavy atom. The number of nitrogens with one attached hydrogen (secondary N) is 1. The van der Waals surface area contributed by atoms with Crippen LogP contribution in [0.4, 0.5) is 5.69 Å². The highest BCUT2D eigenvalue weighted by atomic mass is 32.1. The van der Waals surface area contributed by atoms with Crippen molar-refractivity contribution >= 4 is 33.1 Å².